The molecule has 2 rings (SSSR count). The zero-order valence-corrected chi connectivity index (χ0v) is 16.2. The topological polar surface area (TPSA) is 64.0 Å². The number of nitrogens with one attached hydrogen (secondary N) is 1. The first-order valence-electron chi connectivity index (χ1n) is 7.84. The second kappa shape index (κ2) is 6.86. The van der Waals surface area contributed by atoms with Crippen LogP contribution in [-0.4, -0.2) is 18.2 Å². The van der Waals surface area contributed by atoms with Crippen molar-refractivity contribution in [2.75, 3.05) is 0 Å². The van der Waals surface area contributed by atoms with Gasteiger partial charge >= 0.3 is 0 Å². The molecular weight excluding hydrogens is 346 g/mol. The van der Waals surface area contributed by atoms with Gasteiger partial charge in [0.1, 0.15) is 4.90 Å². The molecule has 0 aliphatic heterocycles. The lowest BCUT2D eigenvalue weighted by Crippen LogP contribution is -2.26. The first kappa shape index (κ1) is 19.0. The van der Waals surface area contributed by atoms with Gasteiger partial charge in [-0.1, -0.05) is 44.5 Å². The highest BCUT2D eigenvalue weighted by Crippen LogP contribution is 2.28. The summed E-state index contributed by atoms with van der Waals surface area (Å²) in [4.78, 5) is 0.234. The minimum Gasteiger partial charge on any atom is -0.269 e. The van der Waals surface area contributed by atoms with Crippen molar-refractivity contribution in [3.8, 4) is 0 Å². The number of halogens is 1. The summed E-state index contributed by atoms with van der Waals surface area (Å²) in [6.07, 6.45) is 1.61. The number of nitrogens with zero attached hydrogens (tertiary/aromatic N) is 2. The van der Waals surface area contributed by atoms with Crippen LogP contribution in [0.3, 0.4) is 0 Å². The predicted octanol–water partition coefficient (Wildman–Crippen LogP) is 3.89. The summed E-state index contributed by atoms with van der Waals surface area (Å²) < 4.78 is 29.9. The van der Waals surface area contributed by atoms with Crippen molar-refractivity contribution < 1.29 is 8.42 Å². The highest BCUT2D eigenvalue weighted by Gasteiger charge is 2.30. The first-order valence-corrected chi connectivity index (χ1v) is 9.70. The van der Waals surface area contributed by atoms with Crippen molar-refractivity contribution in [2.45, 2.75) is 57.5 Å². The third-order valence-electron chi connectivity index (χ3n) is 3.61. The maximum Gasteiger partial charge on any atom is 0.244 e. The third kappa shape index (κ3) is 4.37. The SMILES string of the molecule is CC(C)n1cc(S(=O)(=O)NCc2ccc(Cl)cc2)c(C(C)(C)C)n1. The molecule has 1 aromatic carbocycles. The summed E-state index contributed by atoms with van der Waals surface area (Å²) in [5, 5.41) is 5.11. The van der Waals surface area contributed by atoms with Gasteiger partial charge in [-0.05, 0) is 31.5 Å². The lowest BCUT2D eigenvalue weighted by molar-refractivity contribution is 0.493. The quantitative estimate of drug-likeness (QED) is 0.869. The zero-order chi connectivity index (χ0) is 18.1. The van der Waals surface area contributed by atoms with E-state index < -0.39 is 10.0 Å². The summed E-state index contributed by atoms with van der Waals surface area (Å²) in [5.41, 5.74) is 1.04. The number of rotatable bonds is 5. The molecule has 0 amide bonds. The monoisotopic (exact) mass is 369 g/mol. The Morgan fingerprint density at radius 3 is 2.29 bits per heavy atom. The largest absolute Gasteiger partial charge is 0.269 e. The van der Waals surface area contributed by atoms with E-state index in [0.717, 1.165) is 5.56 Å². The lowest BCUT2D eigenvalue weighted by Gasteiger charge is -2.17. The molecule has 0 saturated carbocycles. The van der Waals surface area contributed by atoms with Crippen molar-refractivity contribution in [3.63, 3.8) is 0 Å². The molecule has 0 aliphatic rings. The van der Waals surface area contributed by atoms with Gasteiger partial charge in [0, 0.05) is 29.2 Å². The fourth-order valence-electron chi connectivity index (χ4n) is 2.21. The molecule has 0 unspecified atom stereocenters. The summed E-state index contributed by atoms with van der Waals surface area (Å²) >= 11 is 5.85. The highest BCUT2D eigenvalue weighted by atomic mass is 35.5. The molecule has 5 nitrogen and oxygen atoms in total. The molecule has 0 saturated heterocycles. The van der Waals surface area contributed by atoms with Crippen molar-refractivity contribution in [3.05, 3.63) is 46.7 Å². The smallest absolute Gasteiger partial charge is 0.244 e. The maximum absolute atomic E-state index is 12.8. The summed E-state index contributed by atoms with van der Waals surface area (Å²) in [7, 11) is -3.66. The van der Waals surface area contributed by atoms with Crippen LogP contribution in [0.2, 0.25) is 5.02 Å². The van der Waals surface area contributed by atoms with Crippen LogP contribution in [0.25, 0.3) is 0 Å². The zero-order valence-electron chi connectivity index (χ0n) is 14.7. The minimum atomic E-state index is -3.66. The number of hydrogen-bond donors (Lipinski definition) is 1. The number of sulfonamides is 1. The van der Waals surface area contributed by atoms with E-state index in [1.165, 1.54) is 0 Å². The van der Waals surface area contributed by atoms with Gasteiger partial charge in [0.05, 0.1) is 5.69 Å². The molecule has 7 heteroatoms. The van der Waals surface area contributed by atoms with Crippen molar-refractivity contribution in [1.82, 2.24) is 14.5 Å². The first-order chi connectivity index (χ1) is 11.0. The van der Waals surface area contributed by atoms with E-state index in [0.29, 0.717) is 10.7 Å². The Balaban J connectivity index is 2.32. The van der Waals surface area contributed by atoms with E-state index in [9.17, 15) is 8.42 Å². The van der Waals surface area contributed by atoms with E-state index in [-0.39, 0.29) is 22.9 Å². The molecule has 0 aliphatic carbocycles. The Morgan fingerprint density at radius 1 is 1.21 bits per heavy atom. The lowest BCUT2D eigenvalue weighted by atomic mass is 9.92. The van der Waals surface area contributed by atoms with Crippen LogP contribution < -0.4 is 4.72 Å². The Morgan fingerprint density at radius 2 is 1.79 bits per heavy atom. The molecule has 0 fully saturated rings. The van der Waals surface area contributed by atoms with Gasteiger partial charge in [0.2, 0.25) is 10.0 Å². The van der Waals surface area contributed by atoms with Crippen molar-refractivity contribution in [1.29, 1.82) is 0 Å². The van der Waals surface area contributed by atoms with Gasteiger partial charge in [0.15, 0.2) is 0 Å². The van der Waals surface area contributed by atoms with Gasteiger partial charge in [-0.25, -0.2) is 13.1 Å². The molecule has 1 N–H and O–H groups in total. The van der Waals surface area contributed by atoms with E-state index in [1.807, 2.05) is 34.6 Å². The second-order valence-electron chi connectivity index (χ2n) is 7.12. The number of aromatic nitrogens is 2. The molecule has 132 valence electrons. The normalized spacial score (nSPS) is 12.8. The number of benzene rings is 1. The van der Waals surface area contributed by atoms with E-state index in [1.54, 1.807) is 35.1 Å². The molecule has 24 heavy (non-hydrogen) atoms. The average Bonchev–Trinajstić information content (AvgIpc) is 2.93. The second-order valence-corrected chi connectivity index (χ2v) is 9.29. The highest BCUT2D eigenvalue weighted by molar-refractivity contribution is 7.89. The molecule has 2 aromatic rings. The molecular formula is C17H24ClN3O2S. The molecule has 0 bridgehead atoms. The van der Waals surface area contributed by atoms with Crippen molar-refractivity contribution in [2.24, 2.45) is 0 Å². The number of hydrogen-bond acceptors (Lipinski definition) is 3. The van der Waals surface area contributed by atoms with Crippen LogP contribution in [0.4, 0.5) is 0 Å². The van der Waals surface area contributed by atoms with Crippen molar-refractivity contribution >= 4 is 21.6 Å². The molecule has 0 atom stereocenters. The Bertz CT molecular complexity index is 803. The molecule has 0 radical (unpaired) electrons. The van der Waals surface area contributed by atoms with Crippen LogP contribution in [0.5, 0.6) is 0 Å². The van der Waals surface area contributed by atoms with Crippen LogP contribution in [-0.2, 0) is 22.0 Å². The van der Waals surface area contributed by atoms with Crippen LogP contribution in [0, 0.1) is 0 Å². The third-order valence-corrected chi connectivity index (χ3v) is 5.26. The predicted molar refractivity (Wildman–Crippen MR) is 96.8 cm³/mol. The Hall–Kier alpha value is -1.37. The van der Waals surface area contributed by atoms with Gasteiger partial charge in [-0.15, -0.1) is 0 Å². The van der Waals surface area contributed by atoms with Crippen LogP contribution in [0.1, 0.15) is 51.9 Å². The Labute approximate surface area is 149 Å². The fourth-order valence-corrected chi connectivity index (χ4v) is 3.70. The van der Waals surface area contributed by atoms with E-state index >= 15 is 0 Å². The standard InChI is InChI=1S/C17H24ClN3O2S/c1-12(2)21-11-15(16(20-21)17(3,4)5)24(22,23)19-10-13-6-8-14(18)9-7-13/h6-9,11-12,19H,10H2,1-5H3. The minimum absolute atomic E-state index is 0.0892. The summed E-state index contributed by atoms with van der Waals surface area (Å²) in [5.74, 6) is 0. The maximum atomic E-state index is 12.8. The van der Waals surface area contributed by atoms with E-state index in [4.69, 9.17) is 11.6 Å². The average molecular weight is 370 g/mol. The molecule has 0 spiro atoms. The van der Waals surface area contributed by atoms with Gasteiger partial charge in [-0.2, -0.15) is 5.10 Å². The van der Waals surface area contributed by atoms with Crippen LogP contribution in [0.15, 0.2) is 35.4 Å². The Kier molecular flexibility index (Phi) is 5.42. The molecule has 1 aromatic heterocycles. The van der Waals surface area contributed by atoms with E-state index in [2.05, 4.69) is 9.82 Å². The van der Waals surface area contributed by atoms with Gasteiger partial charge < -0.3 is 0 Å². The van der Waals surface area contributed by atoms with Gasteiger partial charge in [-0.3, -0.25) is 4.68 Å². The summed E-state index contributed by atoms with van der Waals surface area (Å²) in [6, 6.07) is 7.16. The van der Waals surface area contributed by atoms with Crippen LogP contribution >= 0.6 is 11.6 Å². The van der Waals surface area contributed by atoms with Gasteiger partial charge in [0.25, 0.3) is 0 Å². The fraction of sp³-hybridized carbons (Fsp3) is 0.471. The molecule has 1 heterocycles. The summed E-state index contributed by atoms with van der Waals surface area (Å²) in [6.45, 7) is 10.0.